The Balaban J connectivity index is -0.000000125. The Bertz CT molecular complexity index is 680. The van der Waals surface area contributed by atoms with Gasteiger partial charge < -0.3 is 61.5 Å². The Hall–Kier alpha value is -2.38. The van der Waals surface area contributed by atoms with Crippen LogP contribution >= 0.6 is 0 Å². The van der Waals surface area contributed by atoms with E-state index in [4.69, 9.17) is 0 Å². The van der Waals surface area contributed by atoms with Gasteiger partial charge in [-0.15, -0.1) is 0 Å². The predicted octanol–water partition coefficient (Wildman–Crippen LogP) is -11.1. The predicted molar refractivity (Wildman–Crippen MR) is 89.5 cm³/mol. The van der Waals surface area contributed by atoms with Crippen molar-refractivity contribution in [3.63, 3.8) is 0 Å². The SMILES string of the molecule is O.O.O.O.O=C([O-])Cn1cc[n+](CC(=O)[O-])c1.O=C([O-])Cn1cc[n+](CC(=O)[O-])c1.[Sr+2]. The summed E-state index contributed by atoms with van der Waals surface area (Å²) >= 11 is 0. The second-order valence-corrected chi connectivity index (χ2v) is 5.00. The molecule has 31 heavy (non-hydrogen) atoms. The molecule has 8 N–H and O–H groups in total. The quantitative estimate of drug-likeness (QED) is 0.234. The van der Waals surface area contributed by atoms with E-state index in [2.05, 4.69) is 0 Å². The van der Waals surface area contributed by atoms with E-state index in [0.29, 0.717) is 0 Å². The number of aromatic nitrogens is 4. The van der Waals surface area contributed by atoms with Crippen LogP contribution < -0.4 is 29.6 Å². The fourth-order valence-corrected chi connectivity index (χ4v) is 1.85. The average molecular weight is 526 g/mol. The van der Waals surface area contributed by atoms with Crippen LogP contribution in [-0.4, -0.2) is 100 Å². The standard InChI is InChI=1S/2C7H8N2O4.4H2O.Sr/c2*10-6(11)3-8-1-2-9(5-8)4-7(12)13;;;;;/h2*1-2,5H,3-4H2,(H-,10,11,12,13);4*1H2;/q;;;;;;+2/p-2. The fourth-order valence-electron chi connectivity index (χ4n) is 1.85. The van der Waals surface area contributed by atoms with Gasteiger partial charge in [0, 0.05) is 0 Å². The van der Waals surface area contributed by atoms with Crippen molar-refractivity contribution in [2.75, 3.05) is 0 Å². The minimum atomic E-state index is -1.23. The van der Waals surface area contributed by atoms with Gasteiger partial charge in [-0.1, -0.05) is 0 Å². The summed E-state index contributed by atoms with van der Waals surface area (Å²) < 4.78 is 5.22. The van der Waals surface area contributed by atoms with Crippen molar-refractivity contribution in [2.24, 2.45) is 0 Å². The molecule has 2 rings (SSSR count). The number of rotatable bonds is 8. The van der Waals surface area contributed by atoms with E-state index < -0.39 is 23.9 Å². The first-order valence-electron chi connectivity index (χ1n) is 7.04. The number of carboxylic acids is 4. The molecule has 0 aliphatic heterocycles. The van der Waals surface area contributed by atoms with Gasteiger partial charge in [-0.3, -0.25) is 0 Å². The van der Waals surface area contributed by atoms with Crippen molar-refractivity contribution in [3.8, 4) is 0 Å². The summed E-state index contributed by atoms with van der Waals surface area (Å²) in [5.41, 5.74) is 0. The van der Waals surface area contributed by atoms with Crippen molar-refractivity contribution in [1.82, 2.24) is 9.13 Å². The van der Waals surface area contributed by atoms with E-state index in [1.54, 1.807) is 0 Å². The van der Waals surface area contributed by atoms with Crippen LogP contribution in [0.2, 0.25) is 0 Å². The van der Waals surface area contributed by atoms with E-state index in [-0.39, 0.29) is 93.6 Å². The molecule has 172 valence electrons. The third kappa shape index (κ3) is 18.1. The number of hydrogen-bond donors (Lipinski definition) is 0. The Labute approximate surface area is 211 Å². The molecule has 0 unspecified atom stereocenters. The summed E-state index contributed by atoms with van der Waals surface area (Å²) in [6.07, 6.45) is 8.48. The van der Waals surface area contributed by atoms with Crippen LogP contribution in [0.25, 0.3) is 0 Å². The zero-order valence-corrected chi connectivity index (χ0v) is 19.5. The fraction of sp³-hybridized carbons (Fsp3) is 0.286. The van der Waals surface area contributed by atoms with Gasteiger partial charge in [-0.05, 0) is 0 Å². The molecular weight excluding hydrogens is 504 g/mol. The smallest absolute Gasteiger partial charge is 0.546 e. The number of carbonyl (C=O) groups excluding carboxylic acids is 4. The van der Waals surface area contributed by atoms with Crippen molar-refractivity contribution < 1.29 is 70.6 Å². The summed E-state index contributed by atoms with van der Waals surface area (Å²) in [5.74, 6) is -4.90. The molecule has 0 bridgehead atoms. The molecule has 0 saturated carbocycles. The van der Waals surface area contributed by atoms with Crippen LogP contribution in [0.3, 0.4) is 0 Å². The van der Waals surface area contributed by atoms with Gasteiger partial charge in [-0.25, -0.2) is 18.3 Å². The van der Waals surface area contributed by atoms with Gasteiger partial charge in [0.1, 0.15) is 51.0 Å². The first-order chi connectivity index (χ1) is 12.2. The zero-order valence-electron chi connectivity index (χ0n) is 16.1. The number of nitrogens with zero attached hydrogens (tertiary/aromatic N) is 4. The zero-order chi connectivity index (χ0) is 19.7. The maximum Gasteiger partial charge on any atom is 2.00 e. The van der Waals surface area contributed by atoms with Gasteiger partial charge in [0.2, 0.25) is 12.7 Å². The van der Waals surface area contributed by atoms with E-state index >= 15 is 0 Å². The molecule has 0 fully saturated rings. The number of carbonyl (C=O) groups is 4. The monoisotopic (exact) mass is 526 g/mol. The molecule has 2 aromatic heterocycles. The molecule has 0 aliphatic rings. The summed E-state index contributed by atoms with van der Waals surface area (Å²) in [7, 11) is 0. The molecule has 2 heterocycles. The van der Waals surface area contributed by atoms with E-state index in [0.717, 1.165) is 0 Å². The van der Waals surface area contributed by atoms with Crippen LogP contribution in [0.5, 0.6) is 0 Å². The Kier molecular flexibility index (Phi) is 24.7. The van der Waals surface area contributed by atoms with Crippen molar-refractivity contribution in [3.05, 3.63) is 37.4 Å². The maximum absolute atomic E-state index is 10.1. The average Bonchev–Trinajstić information content (AvgIpc) is 3.07. The number of aliphatic carboxylic acids is 4. The topological polar surface area (TPSA) is 304 Å². The van der Waals surface area contributed by atoms with E-state index in [1.165, 1.54) is 55.7 Å². The largest absolute Gasteiger partial charge is 2.00 e. The van der Waals surface area contributed by atoms with Crippen LogP contribution in [0.1, 0.15) is 0 Å². The molecule has 17 heteroatoms. The summed E-state index contributed by atoms with van der Waals surface area (Å²) in [6, 6.07) is 0. The van der Waals surface area contributed by atoms with Crippen molar-refractivity contribution >= 4 is 69.4 Å². The normalized spacial score (nSPS) is 8.26. The first kappa shape index (κ1) is 39.1. The maximum atomic E-state index is 10.1. The molecule has 0 atom stereocenters. The summed E-state index contributed by atoms with van der Waals surface area (Å²) in [6.45, 7) is -1.17. The molecule has 0 amide bonds. The van der Waals surface area contributed by atoms with Crippen LogP contribution in [0.15, 0.2) is 37.4 Å². The van der Waals surface area contributed by atoms with Crippen molar-refractivity contribution in [2.45, 2.75) is 26.2 Å². The summed E-state index contributed by atoms with van der Waals surface area (Å²) in [4.78, 5) is 40.5. The van der Waals surface area contributed by atoms with Crippen LogP contribution in [-0.2, 0) is 45.4 Å². The third-order valence-electron chi connectivity index (χ3n) is 2.74. The molecular formula is C14H22N4O12Sr. The Morgan fingerprint density at radius 3 is 1.13 bits per heavy atom. The number of hydrogen-bond acceptors (Lipinski definition) is 8. The minimum Gasteiger partial charge on any atom is -0.546 e. The Morgan fingerprint density at radius 2 is 0.903 bits per heavy atom. The van der Waals surface area contributed by atoms with Gasteiger partial charge in [0.15, 0.2) is 0 Å². The van der Waals surface area contributed by atoms with Gasteiger partial charge >= 0.3 is 45.5 Å². The first-order valence-corrected chi connectivity index (χ1v) is 7.04. The molecule has 0 saturated heterocycles. The molecule has 0 aliphatic carbocycles. The van der Waals surface area contributed by atoms with Crippen LogP contribution in [0.4, 0.5) is 0 Å². The minimum absolute atomic E-state index is 0. The van der Waals surface area contributed by atoms with E-state index in [9.17, 15) is 39.6 Å². The second kappa shape index (κ2) is 19.6. The second-order valence-electron chi connectivity index (χ2n) is 5.00. The summed E-state index contributed by atoms with van der Waals surface area (Å²) in [5, 5.41) is 40.5. The molecule has 2 aromatic rings. The number of imidazole rings is 2. The van der Waals surface area contributed by atoms with Crippen molar-refractivity contribution in [1.29, 1.82) is 0 Å². The van der Waals surface area contributed by atoms with Gasteiger partial charge in [0.05, 0.1) is 23.9 Å². The molecule has 0 radical (unpaired) electrons. The third-order valence-corrected chi connectivity index (χ3v) is 2.74. The molecule has 16 nitrogen and oxygen atoms in total. The molecule has 0 aromatic carbocycles. The molecule has 0 spiro atoms. The Morgan fingerprint density at radius 1 is 0.613 bits per heavy atom. The van der Waals surface area contributed by atoms with E-state index in [1.807, 2.05) is 0 Å². The van der Waals surface area contributed by atoms with Gasteiger partial charge in [-0.2, -0.15) is 0 Å². The van der Waals surface area contributed by atoms with Crippen LogP contribution in [0, 0.1) is 0 Å². The van der Waals surface area contributed by atoms with Gasteiger partial charge in [0.25, 0.3) is 0 Å². The number of carboxylic acid groups (broad SMARTS) is 4.